The van der Waals surface area contributed by atoms with Crippen LogP contribution in [0.5, 0.6) is 0 Å². The number of rotatable bonds is 4. The number of benzene rings is 1. The number of hydrogen-bond acceptors (Lipinski definition) is 2. The molecule has 2 nitrogen and oxygen atoms in total. The summed E-state index contributed by atoms with van der Waals surface area (Å²) in [5.74, 6) is -0.172. The highest BCUT2D eigenvalue weighted by Gasteiger charge is 2.22. The maximum atomic E-state index is 11.6. The maximum Gasteiger partial charge on any atom is 0.163 e. The fraction of sp³-hybridized carbons (Fsp3) is 0.333. The molecule has 0 saturated heterocycles. The average molecular weight is 230 g/mol. The Balaban J connectivity index is 2.57. The van der Waals surface area contributed by atoms with E-state index in [1.165, 1.54) is 6.08 Å². The van der Waals surface area contributed by atoms with E-state index in [1.54, 1.807) is 6.08 Å². The van der Waals surface area contributed by atoms with Crippen molar-refractivity contribution in [1.29, 1.82) is 0 Å². The minimum Gasteiger partial charge on any atom is -0.299 e. The molecule has 0 fully saturated rings. The molecule has 0 unspecified atom stereocenters. The third-order valence-electron chi connectivity index (χ3n) is 2.43. The highest BCUT2D eigenvalue weighted by atomic mass is 16.1. The fourth-order valence-corrected chi connectivity index (χ4v) is 1.24. The summed E-state index contributed by atoms with van der Waals surface area (Å²) in [4.78, 5) is 23.2. The molecule has 1 aromatic carbocycles. The molecule has 0 aliphatic heterocycles. The van der Waals surface area contributed by atoms with Gasteiger partial charge in [-0.1, -0.05) is 57.2 Å². The Morgan fingerprint density at radius 2 is 1.71 bits per heavy atom. The van der Waals surface area contributed by atoms with Gasteiger partial charge >= 0.3 is 0 Å². The summed E-state index contributed by atoms with van der Waals surface area (Å²) in [6.45, 7) is 5.47. The van der Waals surface area contributed by atoms with Crippen LogP contribution in [0, 0.1) is 5.41 Å². The first-order valence-corrected chi connectivity index (χ1v) is 5.69. The largest absolute Gasteiger partial charge is 0.299 e. The van der Waals surface area contributed by atoms with Crippen LogP contribution in [-0.4, -0.2) is 11.6 Å². The van der Waals surface area contributed by atoms with Crippen LogP contribution in [0.25, 0.3) is 6.08 Å². The lowest BCUT2D eigenvalue weighted by molar-refractivity contribution is -0.130. The maximum absolute atomic E-state index is 11.6. The molecular formula is C15H18O2. The van der Waals surface area contributed by atoms with Crippen molar-refractivity contribution in [3.8, 4) is 0 Å². The minimum absolute atomic E-state index is 0.0210. The number of allylic oxidation sites excluding steroid dienone is 1. The van der Waals surface area contributed by atoms with E-state index in [4.69, 9.17) is 0 Å². The van der Waals surface area contributed by atoms with E-state index in [2.05, 4.69) is 0 Å². The average Bonchev–Trinajstić information content (AvgIpc) is 2.26. The van der Waals surface area contributed by atoms with Crippen LogP contribution in [0.3, 0.4) is 0 Å². The van der Waals surface area contributed by atoms with Crippen LogP contribution in [0.2, 0.25) is 0 Å². The second kappa shape index (κ2) is 5.58. The highest BCUT2D eigenvalue weighted by molar-refractivity contribution is 6.07. The first kappa shape index (κ1) is 13.4. The third kappa shape index (κ3) is 4.77. The second-order valence-electron chi connectivity index (χ2n) is 5.06. The first-order chi connectivity index (χ1) is 7.89. The van der Waals surface area contributed by atoms with Crippen LogP contribution in [-0.2, 0) is 9.59 Å². The van der Waals surface area contributed by atoms with E-state index in [-0.39, 0.29) is 18.0 Å². The Hall–Kier alpha value is -1.70. The molecule has 0 bridgehead atoms. The molecule has 0 amide bonds. The summed E-state index contributed by atoms with van der Waals surface area (Å²) in [7, 11) is 0. The molecule has 0 atom stereocenters. The molecular weight excluding hydrogens is 212 g/mol. The zero-order valence-corrected chi connectivity index (χ0v) is 10.6. The van der Waals surface area contributed by atoms with Crippen molar-refractivity contribution >= 4 is 17.6 Å². The van der Waals surface area contributed by atoms with Crippen LogP contribution >= 0.6 is 0 Å². The zero-order valence-electron chi connectivity index (χ0n) is 10.6. The van der Waals surface area contributed by atoms with Gasteiger partial charge in [-0.15, -0.1) is 0 Å². The Morgan fingerprint density at radius 3 is 2.24 bits per heavy atom. The van der Waals surface area contributed by atoms with E-state index in [1.807, 2.05) is 51.1 Å². The van der Waals surface area contributed by atoms with Gasteiger partial charge in [0.25, 0.3) is 0 Å². The van der Waals surface area contributed by atoms with Crippen LogP contribution < -0.4 is 0 Å². The standard InChI is InChI=1S/C15H18O2/c1-15(2,3)14(17)11-13(16)10-9-12-7-5-4-6-8-12/h4-10H,11H2,1-3H3. The van der Waals surface area contributed by atoms with Crippen molar-refractivity contribution in [1.82, 2.24) is 0 Å². The smallest absolute Gasteiger partial charge is 0.163 e. The van der Waals surface area contributed by atoms with Crippen molar-refractivity contribution in [3.05, 3.63) is 42.0 Å². The van der Waals surface area contributed by atoms with Gasteiger partial charge in [0.15, 0.2) is 5.78 Å². The molecule has 0 aromatic heterocycles. The van der Waals surface area contributed by atoms with E-state index in [9.17, 15) is 9.59 Å². The lowest BCUT2D eigenvalue weighted by Gasteiger charge is -2.14. The van der Waals surface area contributed by atoms with Gasteiger partial charge in [-0.25, -0.2) is 0 Å². The first-order valence-electron chi connectivity index (χ1n) is 5.69. The Bertz CT molecular complexity index is 422. The lowest BCUT2D eigenvalue weighted by atomic mass is 9.88. The topological polar surface area (TPSA) is 34.1 Å². The summed E-state index contributed by atoms with van der Waals surface area (Å²) in [6, 6.07) is 9.56. The van der Waals surface area contributed by atoms with E-state index >= 15 is 0 Å². The van der Waals surface area contributed by atoms with Gasteiger partial charge in [-0.05, 0) is 11.6 Å². The molecule has 1 rings (SSSR count). The van der Waals surface area contributed by atoms with Crippen molar-refractivity contribution in [2.45, 2.75) is 27.2 Å². The highest BCUT2D eigenvalue weighted by Crippen LogP contribution is 2.17. The van der Waals surface area contributed by atoms with Crippen molar-refractivity contribution < 1.29 is 9.59 Å². The molecule has 0 saturated carbocycles. The summed E-state index contributed by atoms with van der Waals surface area (Å²) in [6.07, 6.45) is 3.18. The SMILES string of the molecule is CC(C)(C)C(=O)CC(=O)C=Cc1ccccc1. The van der Waals surface area contributed by atoms with Crippen molar-refractivity contribution in [2.24, 2.45) is 5.41 Å². The quantitative estimate of drug-likeness (QED) is 0.587. The Labute approximate surface area is 102 Å². The lowest BCUT2D eigenvalue weighted by Crippen LogP contribution is -2.22. The zero-order chi connectivity index (χ0) is 12.9. The molecule has 1 aromatic rings. The molecule has 90 valence electrons. The van der Waals surface area contributed by atoms with E-state index in [0.29, 0.717) is 0 Å². The Kier molecular flexibility index (Phi) is 4.38. The van der Waals surface area contributed by atoms with Gasteiger partial charge in [-0.2, -0.15) is 0 Å². The number of ketones is 2. The molecule has 0 spiro atoms. The number of hydrogen-bond donors (Lipinski definition) is 0. The predicted octanol–water partition coefficient (Wildman–Crippen LogP) is 3.27. The molecule has 2 heteroatoms. The van der Waals surface area contributed by atoms with Gasteiger partial charge < -0.3 is 0 Å². The molecule has 0 aliphatic rings. The fourth-order valence-electron chi connectivity index (χ4n) is 1.24. The normalized spacial score (nSPS) is 11.7. The van der Waals surface area contributed by atoms with Gasteiger partial charge in [0, 0.05) is 5.41 Å². The summed E-state index contributed by atoms with van der Waals surface area (Å²) in [5.41, 5.74) is 0.514. The van der Waals surface area contributed by atoms with E-state index in [0.717, 1.165) is 5.56 Å². The van der Waals surface area contributed by atoms with Gasteiger partial charge in [0.05, 0.1) is 6.42 Å². The van der Waals surface area contributed by atoms with Gasteiger partial charge in [-0.3, -0.25) is 9.59 Å². The summed E-state index contributed by atoms with van der Waals surface area (Å²) >= 11 is 0. The molecule has 0 heterocycles. The number of carbonyl (C=O) groups is 2. The van der Waals surface area contributed by atoms with Crippen molar-refractivity contribution in [2.75, 3.05) is 0 Å². The molecule has 17 heavy (non-hydrogen) atoms. The number of carbonyl (C=O) groups excluding carboxylic acids is 2. The second-order valence-corrected chi connectivity index (χ2v) is 5.06. The monoisotopic (exact) mass is 230 g/mol. The molecule has 0 N–H and O–H groups in total. The van der Waals surface area contributed by atoms with Gasteiger partial charge in [0.1, 0.15) is 5.78 Å². The third-order valence-corrected chi connectivity index (χ3v) is 2.43. The van der Waals surface area contributed by atoms with Crippen LogP contribution in [0.15, 0.2) is 36.4 Å². The minimum atomic E-state index is -0.448. The van der Waals surface area contributed by atoms with Crippen LogP contribution in [0.4, 0.5) is 0 Å². The van der Waals surface area contributed by atoms with E-state index < -0.39 is 5.41 Å². The molecule has 0 aliphatic carbocycles. The molecule has 0 radical (unpaired) electrons. The summed E-state index contributed by atoms with van der Waals surface area (Å²) in [5, 5.41) is 0. The Morgan fingerprint density at radius 1 is 1.12 bits per heavy atom. The number of Topliss-reactive ketones (excluding diaryl/α,β-unsaturated/α-hetero) is 1. The van der Waals surface area contributed by atoms with Gasteiger partial charge in [0.2, 0.25) is 0 Å². The van der Waals surface area contributed by atoms with Crippen molar-refractivity contribution in [3.63, 3.8) is 0 Å². The predicted molar refractivity (Wildman–Crippen MR) is 69.6 cm³/mol. The summed E-state index contributed by atoms with van der Waals surface area (Å²) < 4.78 is 0. The van der Waals surface area contributed by atoms with Crippen LogP contribution in [0.1, 0.15) is 32.8 Å².